The van der Waals surface area contributed by atoms with Crippen molar-refractivity contribution in [3.63, 3.8) is 0 Å². The third-order valence-corrected chi connectivity index (χ3v) is 2.94. The highest BCUT2D eigenvalue weighted by molar-refractivity contribution is 5.12. The molecule has 0 aromatic carbocycles. The summed E-state index contributed by atoms with van der Waals surface area (Å²) in [6.45, 7) is 4.52. The zero-order chi connectivity index (χ0) is 12.8. The third-order valence-electron chi connectivity index (χ3n) is 2.94. The number of methoxy groups -OCH3 is 1. The fourth-order valence-electron chi connectivity index (χ4n) is 1.91. The summed E-state index contributed by atoms with van der Waals surface area (Å²) in [7, 11) is 1.61. The van der Waals surface area contributed by atoms with Crippen molar-refractivity contribution in [3.8, 4) is 0 Å². The van der Waals surface area contributed by atoms with Crippen LogP contribution >= 0.6 is 0 Å². The monoisotopic (exact) mass is 241 g/mol. The second-order valence-corrected chi connectivity index (χ2v) is 4.15. The number of ether oxygens (including phenoxy) is 1. The van der Waals surface area contributed by atoms with Crippen LogP contribution in [0, 0.1) is 0 Å². The molecule has 0 saturated heterocycles. The van der Waals surface area contributed by atoms with Crippen LogP contribution in [0.3, 0.4) is 0 Å². The van der Waals surface area contributed by atoms with E-state index in [9.17, 15) is 5.11 Å². The normalized spacial score (nSPS) is 14.9. The SMILES string of the molecule is CCc1cc(CC)n(C(CO)C(N)COC)n1. The van der Waals surface area contributed by atoms with E-state index in [4.69, 9.17) is 10.5 Å². The van der Waals surface area contributed by atoms with Gasteiger partial charge in [-0.3, -0.25) is 4.68 Å². The zero-order valence-electron chi connectivity index (χ0n) is 10.9. The lowest BCUT2D eigenvalue weighted by Gasteiger charge is -2.23. The predicted molar refractivity (Wildman–Crippen MR) is 67.0 cm³/mol. The second kappa shape index (κ2) is 6.74. The quantitative estimate of drug-likeness (QED) is 0.729. The molecule has 0 aliphatic rings. The van der Waals surface area contributed by atoms with Gasteiger partial charge in [0, 0.05) is 12.8 Å². The largest absolute Gasteiger partial charge is 0.394 e. The van der Waals surface area contributed by atoms with Gasteiger partial charge in [-0.25, -0.2) is 0 Å². The van der Waals surface area contributed by atoms with Crippen LogP contribution in [0.4, 0.5) is 0 Å². The molecule has 2 atom stereocenters. The van der Waals surface area contributed by atoms with Crippen LogP contribution in [0.5, 0.6) is 0 Å². The number of aryl methyl sites for hydroxylation is 2. The molecule has 0 spiro atoms. The van der Waals surface area contributed by atoms with Gasteiger partial charge in [0.05, 0.1) is 31.0 Å². The van der Waals surface area contributed by atoms with Gasteiger partial charge in [-0.05, 0) is 18.9 Å². The predicted octanol–water partition coefficient (Wildman–Crippen LogP) is 0.515. The van der Waals surface area contributed by atoms with E-state index < -0.39 is 0 Å². The van der Waals surface area contributed by atoms with Crippen molar-refractivity contribution in [1.82, 2.24) is 9.78 Å². The number of aliphatic hydroxyl groups is 1. The Morgan fingerprint density at radius 1 is 1.47 bits per heavy atom. The number of hydrogen-bond donors (Lipinski definition) is 2. The highest BCUT2D eigenvalue weighted by Crippen LogP contribution is 2.16. The Labute approximate surface area is 103 Å². The van der Waals surface area contributed by atoms with Crippen LogP contribution in [0.2, 0.25) is 0 Å². The molecule has 5 nitrogen and oxygen atoms in total. The summed E-state index contributed by atoms with van der Waals surface area (Å²) < 4.78 is 6.89. The zero-order valence-corrected chi connectivity index (χ0v) is 10.9. The number of rotatable bonds is 7. The summed E-state index contributed by atoms with van der Waals surface area (Å²) in [5.74, 6) is 0. The topological polar surface area (TPSA) is 73.3 Å². The molecule has 5 heteroatoms. The van der Waals surface area contributed by atoms with Crippen molar-refractivity contribution in [3.05, 3.63) is 17.5 Å². The maximum Gasteiger partial charge on any atom is 0.0926 e. The van der Waals surface area contributed by atoms with Gasteiger partial charge in [-0.1, -0.05) is 13.8 Å². The minimum atomic E-state index is -0.250. The van der Waals surface area contributed by atoms with E-state index in [0.29, 0.717) is 6.61 Å². The minimum Gasteiger partial charge on any atom is -0.394 e. The molecule has 98 valence electrons. The van der Waals surface area contributed by atoms with E-state index in [2.05, 4.69) is 25.0 Å². The molecule has 0 aliphatic carbocycles. The summed E-state index contributed by atoms with van der Waals surface area (Å²) in [5.41, 5.74) is 8.14. The Morgan fingerprint density at radius 2 is 2.18 bits per heavy atom. The molecular formula is C12H23N3O2. The van der Waals surface area contributed by atoms with E-state index in [0.717, 1.165) is 24.2 Å². The Morgan fingerprint density at radius 3 is 2.65 bits per heavy atom. The van der Waals surface area contributed by atoms with Crippen LogP contribution in [-0.4, -0.2) is 41.3 Å². The molecule has 0 aliphatic heterocycles. The first kappa shape index (κ1) is 14.2. The molecule has 2 unspecified atom stereocenters. The van der Waals surface area contributed by atoms with Gasteiger partial charge in [0.1, 0.15) is 0 Å². The summed E-state index contributed by atoms with van der Waals surface area (Å²) in [6, 6.07) is 1.60. The summed E-state index contributed by atoms with van der Waals surface area (Å²) in [5, 5.41) is 14.0. The van der Waals surface area contributed by atoms with Crippen LogP contribution in [-0.2, 0) is 17.6 Å². The fraction of sp³-hybridized carbons (Fsp3) is 0.750. The first-order valence-corrected chi connectivity index (χ1v) is 6.10. The lowest BCUT2D eigenvalue weighted by molar-refractivity contribution is 0.123. The molecule has 1 aromatic heterocycles. The molecule has 1 heterocycles. The molecular weight excluding hydrogens is 218 g/mol. The number of hydrogen-bond acceptors (Lipinski definition) is 4. The number of nitrogens with two attached hydrogens (primary N) is 1. The maximum absolute atomic E-state index is 9.48. The van der Waals surface area contributed by atoms with E-state index in [1.54, 1.807) is 7.11 Å². The highest BCUT2D eigenvalue weighted by Gasteiger charge is 2.22. The molecule has 0 fully saturated rings. The van der Waals surface area contributed by atoms with Crippen molar-refractivity contribution < 1.29 is 9.84 Å². The summed E-state index contributed by atoms with van der Waals surface area (Å²) in [6.07, 6.45) is 1.76. The Balaban J connectivity index is 2.97. The maximum atomic E-state index is 9.48. The molecule has 0 saturated carbocycles. The smallest absolute Gasteiger partial charge is 0.0926 e. The average Bonchev–Trinajstić information content (AvgIpc) is 2.73. The van der Waals surface area contributed by atoms with Crippen molar-refractivity contribution in [2.24, 2.45) is 5.73 Å². The summed E-state index contributed by atoms with van der Waals surface area (Å²) >= 11 is 0. The van der Waals surface area contributed by atoms with Gasteiger partial charge in [-0.2, -0.15) is 5.10 Å². The van der Waals surface area contributed by atoms with Gasteiger partial charge in [0.2, 0.25) is 0 Å². The van der Waals surface area contributed by atoms with Gasteiger partial charge in [0.15, 0.2) is 0 Å². The molecule has 3 N–H and O–H groups in total. The van der Waals surface area contributed by atoms with Crippen LogP contribution in [0.25, 0.3) is 0 Å². The number of aliphatic hydroxyl groups excluding tert-OH is 1. The standard InChI is InChI=1S/C12H23N3O2/c1-4-9-6-10(5-2)15(14-9)12(7-16)11(13)8-17-3/h6,11-12,16H,4-5,7-8,13H2,1-3H3. The van der Waals surface area contributed by atoms with Crippen molar-refractivity contribution in [2.75, 3.05) is 20.3 Å². The Hall–Kier alpha value is -0.910. The van der Waals surface area contributed by atoms with Crippen LogP contribution < -0.4 is 5.73 Å². The number of nitrogens with zero attached hydrogens (tertiary/aromatic N) is 2. The van der Waals surface area contributed by atoms with E-state index in [-0.39, 0.29) is 18.7 Å². The van der Waals surface area contributed by atoms with Crippen molar-refractivity contribution in [2.45, 2.75) is 38.8 Å². The molecule has 17 heavy (non-hydrogen) atoms. The van der Waals surface area contributed by atoms with Gasteiger partial charge < -0.3 is 15.6 Å². The highest BCUT2D eigenvalue weighted by atomic mass is 16.5. The fourth-order valence-corrected chi connectivity index (χ4v) is 1.91. The van der Waals surface area contributed by atoms with Crippen LogP contribution in [0.15, 0.2) is 6.07 Å². The Bertz CT molecular complexity index is 338. The van der Waals surface area contributed by atoms with Crippen molar-refractivity contribution >= 4 is 0 Å². The van der Waals surface area contributed by atoms with Gasteiger partial charge >= 0.3 is 0 Å². The van der Waals surface area contributed by atoms with E-state index in [1.807, 2.05) is 4.68 Å². The molecule has 0 radical (unpaired) electrons. The first-order valence-electron chi connectivity index (χ1n) is 6.10. The van der Waals surface area contributed by atoms with E-state index >= 15 is 0 Å². The average molecular weight is 241 g/mol. The number of aromatic nitrogens is 2. The van der Waals surface area contributed by atoms with Gasteiger partial charge in [-0.15, -0.1) is 0 Å². The minimum absolute atomic E-state index is 0.0254. The molecule has 1 aromatic rings. The first-order chi connectivity index (χ1) is 8.17. The molecule has 0 bridgehead atoms. The van der Waals surface area contributed by atoms with Crippen LogP contribution in [0.1, 0.15) is 31.3 Å². The lowest BCUT2D eigenvalue weighted by Crippen LogP contribution is -2.39. The third kappa shape index (κ3) is 3.28. The van der Waals surface area contributed by atoms with Crippen molar-refractivity contribution in [1.29, 1.82) is 0 Å². The molecule has 0 amide bonds. The van der Waals surface area contributed by atoms with E-state index in [1.165, 1.54) is 0 Å². The second-order valence-electron chi connectivity index (χ2n) is 4.15. The lowest BCUT2D eigenvalue weighted by atomic mass is 10.1. The molecule has 1 rings (SSSR count). The van der Waals surface area contributed by atoms with Gasteiger partial charge in [0.25, 0.3) is 0 Å². The summed E-state index contributed by atoms with van der Waals surface area (Å²) in [4.78, 5) is 0. The Kier molecular flexibility index (Phi) is 5.61.